The van der Waals surface area contributed by atoms with E-state index in [0.717, 1.165) is 0 Å². The zero-order valence-electron chi connectivity index (χ0n) is 16.4. The maximum atomic E-state index is 13.5. The number of rotatable bonds is 4. The number of Topliss-reactive ketones (excluding diaryl/α,β-unsaturated/α-hetero) is 1. The second-order valence-electron chi connectivity index (χ2n) is 6.91. The number of amides is 1. The number of benzene rings is 3. The fraction of sp³-hybridized carbons (Fsp3) is 0.0833. The van der Waals surface area contributed by atoms with Crippen molar-refractivity contribution in [3.8, 4) is 5.75 Å². The molecule has 1 N–H and O–H groups in total. The van der Waals surface area contributed by atoms with Crippen molar-refractivity contribution in [3.63, 3.8) is 0 Å². The Balaban J connectivity index is 1.93. The van der Waals surface area contributed by atoms with Crippen LogP contribution in [0.15, 0.2) is 78.4 Å². The van der Waals surface area contributed by atoms with Gasteiger partial charge in [0.25, 0.3) is 11.7 Å². The first-order chi connectivity index (χ1) is 14.9. The number of halogens is 2. The Bertz CT molecular complexity index is 1190. The number of anilines is 1. The van der Waals surface area contributed by atoms with Crippen molar-refractivity contribution in [3.05, 3.63) is 100 Å². The Morgan fingerprint density at radius 1 is 1.03 bits per heavy atom. The van der Waals surface area contributed by atoms with Gasteiger partial charge in [0.1, 0.15) is 17.3 Å². The van der Waals surface area contributed by atoms with Gasteiger partial charge in [-0.2, -0.15) is 0 Å². The highest BCUT2D eigenvalue weighted by molar-refractivity contribution is 6.51. The minimum atomic E-state index is -0.895. The smallest absolute Gasteiger partial charge is 0.300 e. The van der Waals surface area contributed by atoms with Gasteiger partial charge in [0.15, 0.2) is 0 Å². The summed E-state index contributed by atoms with van der Waals surface area (Å²) in [4.78, 5) is 27.3. The minimum absolute atomic E-state index is 0.0788. The van der Waals surface area contributed by atoms with Gasteiger partial charge in [-0.1, -0.05) is 41.9 Å². The predicted octanol–water partition coefficient (Wildman–Crippen LogP) is 5.11. The van der Waals surface area contributed by atoms with E-state index < -0.39 is 23.5 Å². The first kappa shape index (κ1) is 20.6. The summed E-state index contributed by atoms with van der Waals surface area (Å²) in [6.07, 6.45) is 0. The van der Waals surface area contributed by atoms with Gasteiger partial charge < -0.3 is 9.84 Å². The number of hydrogen-bond acceptors (Lipinski definition) is 4. The molecule has 1 atom stereocenters. The lowest BCUT2D eigenvalue weighted by atomic mass is 9.95. The average molecular weight is 438 g/mol. The second kappa shape index (κ2) is 8.24. The number of aliphatic hydroxyl groups excluding tert-OH is 1. The third-order valence-electron chi connectivity index (χ3n) is 5.09. The quantitative estimate of drug-likeness (QED) is 0.350. The van der Waals surface area contributed by atoms with Crippen molar-refractivity contribution < 1.29 is 23.8 Å². The fourth-order valence-electron chi connectivity index (χ4n) is 3.61. The van der Waals surface area contributed by atoms with E-state index in [2.05, 4.69) is 0 Å². The van der Waals surface area contributed by atoms with E-state index in [4.69, 9.17) is 16.3 Å². The van der Waals surface area contributed by atoms with Crippen LogP contribution in [0, 0.1) is 5.82 Å². The Morgan fingerprint density at radius 2 is 1.71 bits per heavy atom. The molecule has 1 fully saturated rings. The number of ketones is 1. The molecule has 3 aromatic carbocycles. The zero-order valence-corrected chi connectivity index (χ0v) is 17.1. The molecule has 0 aliphatic carbocycles. The van der Waals surface area contributed by atoms with E-state index in [1.165, 1.54) is 54.5 Å². The maximum Gasteiger partial charge on any atom is 0.300 e. The number of nitrogens with zero attached hydrogens (tertiary/aromatic N) is 1. The Hall–Kier alpha value is -3.64. The monoisotopic (exact) mass is 437 g/mol. The first-order valence-electron chi connectivity index (χ1n) is 9.38. The molecule has 1 aliphatic rings. The van der Waals surface area contributed by atoms with E-state index >= 15 is 0 Å². The van der Waals surface area contributed by atoms with Gasteiger partial charge in [0.2, 0.25) is 0 Å². The average Bonchev–Trinajstić information content (AvgIpc) is 3.05. The minimum Gasteiger partial charge on any atom is -0.507 e. The van der Waals surface area contributed by atoms with Crippen LogP contribution in [-0.2, 0) is 9.59 Å². The Labute approximate surface area is 182 Å². The number of hydrogen-bond donors (Lipinski definition) is 1. The van der Waals surface area contributed by atoms with Gasteiger partial charge in [-0.25, -0.2) is 4.39 Å². The van der Waals surface area contributed by atoms with Crippen LogP contribution in [0.5, 0.6) is 5.75 Å². The standard InChI is InChI=1S/C24H17ClFNO4/c1-31-19-13-15(7-12-18(19)25)22(28)20-21(14-5-3-2-4-6-14)27(24(30)23(20)29)17-10-8-16(26)9-11-17/h2-13,21,28H,1H3/b22-20-. The maximum absolute atomic E-state index is 13.5. The topological polar surface area (TPSA) is 66.8 Å². The summed E-state index contributed by atoms with van der Waals surface area (Å²) >= 11 is 6.07. The van der Waals surface area contributed by atoms with Crippen molar-refractivity contribution in [1.29, 1.82) is 0 Å². The van der Waals surface area contributed by atoms with Crippen LogP contribution >= 0.6 is 11.6 Å². The van der Waals surface area contributed by atoms with Crippen molar-refractivity contribution >= 4 is 34.7 Å². The molecule has 1 aliphatic heterocycles. The number of ether oxygens (including phenoxy) is 1. The SMILES string of the molecule is COc1cc(/C(O)=C2/C(=O)C(=O)N(c3ccc(F)cc3)C2c2ccccc2)ccc1Cl. The lowest BCUT2D eigenvalue weighted by Crippen LogP contribution is -2.29. The number of aliphatic hydroxyl groups is 1. The summed E-state index contributed by atoms with van der Waals surface area (Å²) in [6.45, 7) is 0. The van der Waals surface area contributed by atoms with Gasteiger partial charge in [-0.05, 0) is 48.0 Å². The van der Waals surface area contributed by atoms with Crippen LogP contribution in [0.2, 0.25) is 5.02 Å². The summed E-state index contributed by atoms with van der Waals surface area (Å²) in [6, 6.07) is 17.8. The third kappa shape index (κ3) is 3.66. The molecule has 0 spiro atoms. The molecular weight excluding hydrogens is 421 g/mol. The van der Waals surface area contributed by atoms with E-state index in [0.29, 0.717) is 22.0 Å². The van der Waals surface area contributed by atoms with Crippen molar-refractivity contribution in [1.82, 2.24) is 0 Å². The van der Waals surface area contributed by atoms with Crippen molar-refractivity contribution in [2.45, 2.75) is 6.04 Å². The molecule has 1 saturated heterocycles. The van der Waals surface area contributed by atoms with Gasteiger partial charge in [-0.15, -0.1) is 0 Å². The normalized spacial score (nSPS) is 17.8. The summed E-state index contributed by atoms with van der Waals surface area (Å²) < 4.78 is 18.7. The van der Waals surface area contributed by atoms with Crippen LogP contribution in [0.3, 0.4) is 0 Å². The molecule has 1 unspecified atom stereocenters. The summed E-state index contributed by atoms with van der Waals surface area (Å²) in [5, 5.41) is 11.4. The van der Waals surface area contributed by atoms with E-state index in [1.807, 2.05) is 0 Å². The number of methoxy groups -OCH3 is 1. The highest BCUT2D eigenvalue weighted by Gasteiger charge is 2.46. The molecule has 31 heavy (non-hydrogen) atoms. The first-order valence-corrected chi connectivity index (χ1v) is 9.75. The summed E-state index contributed by atoms with van der Waals surface area (Å²) in [5.41, 5.74) is 1.16. The van der Waals surface area contributed by atoms with E-state index in [1.54, 1.807) is 30.3 Å². The van der Waals surface area contributed by atoms with Crippen LogP contribution < -0.4 is 9.64 Å². The molecular formula is C24H17ClFNO4. The Kier molecular flexibility index (Phi) is 5.48. The van der Waals surface area contributed by atoms with Crippen LogP contribution in [-0.4, -0.2) is 23.9 Å². The fourth-order valence-corrected chi connectivity index (χ4v) is 3.81. The van der Waals surface area contributed by atoms with Crippen LogP contribution in [0.4, 0.5) is 10.1 Å². The molecule has 1 heterocycles. The predicted molar refractivity (Wildman–Crippen MR) is 116 cm³/mol. The Morgan fingerprint density at radius 3 is 2.35 bits per heavy atom. The van der Waals surface area contributed by atoms with Gasteiger partial charge in [-0.3, -0.25) is 14.5 Å². The molecule has 156 valence electrons. The van der Waals surface area contributed by atoms with E-state index in [-0.39, 0.29) is 16.9 Å². The van der Waals surface area contributed by atoms with Gasteiger partial charge >= 0.3 is 0 Å². The lowest BCUT2D eigenvalue weighted by Gasteiger charge is -2.25. The highest BCUT2D eigenvalue weighted by atomic mass is 35.5. The summed E-state index contributed by atoms with van der Waals surface area (Å²) in [7, 11) is 1.43. The van der Waals surface area contributed by atoms with Crippen LogP contribution in [0.1, 0.15) is 17.2 Å². The molecule has 0 saturated carbocycles. The number of carbonyl (C=O) groups is 2. The third-order valence-corrected chi connectivity index (χ3v) is 5.40. The number of carbonyl (C=O) groups excluding carboxylic acids is 2. The molecule has 3 aromatic rings. The second-order valence-corrected chi connectivity index (χ2v) is 7.31. The van der Waals surface area contributed by atoms with Crippen molar-refractivity contribution in [2.75, 3.05) is 12.0 Å². The molecule has 5 nitrogen and oxygen atoms in total. The van der Waals surface area contributed by atoms with Gasteiger partial charge in [0.05, 0.1) is 23.7 Å². The summed E-state index contributed by atoms with van der Waals surface area (Å²) in [5.74, 6) is -2.17. The van der Waals surface area contributed by atoms with Gasteiger partial charge in [0, 0.05) is 11.3 Å². The largest absolute Gasteiger partial charge is 0.507 e. The lowest BCUT2D eigenvalue weighted by molar-refractivity contribution is -0.132. The molecule has 0 aromatic heterocycles. The molecule has 0 radical (unpaired) electrons. The molecule has 1 amide bonds. The molecule has 0 bridgehead atoms. The molecule has 7 heteroatoms. The van der Waals surface area contributed by atoms with Crippen LogP contribution in [0.25, 0.3) is 5.76 Å². The molecule has 4 rings (SSSR count). The van der Waals surface area contributed by atoms with Crippen molar-refractivity contribution in [2.24, 2.45) is 0 Å². The van der Waals surface area contributed by atoms with E-state index in [9.17, 15) is 19.1 Å². The highest BCUT2D eigenvalue weighted by Crippen LogP contribution is 2.42. The zero-order chi connectivity index (χ0) is 22.1.